The SMILES string of the molecule is CCCCCc1ccc(-c2cc(F)c(-c3cc(F)c(C(F)(F)Oc4ccc(-c5cc(F)c(C#N)c(F)c5)c(F)c4)c(F)c3)c(F)c2)cc1. The lowest BCUT2D eigenvalue weighted by molar-refractivity contribution is -0.189. The molecule has 0 atom stereocenters. The Morgan fingerprint density at radius 2 is 1.17 bits per heavy atom. The van der Waals surface area contributed by atoms with Crippen molar-refractivity contribution in [3.63, 3.8) is 0 Å². The van der Waals surface area contributed by atoms with Gasteiger partial charge in [0.1, 0.15) is 63.7 Å². The molecule has 0 aliphatic rings. The molecule has 0 unspecified atom stereocenters. The Morgan fingerprint density at radius 1 is 0.604 bits per heavy atom. The quantitative estimate of drug-likeness (QED) is 0.110. The van der Waals surface area contributed by atoms with Gasteiger partial charge in [-0.05, 0) is 89.2 Å². The maximum atomic E-state index is 15.2. The first-order chi connectivity index (χ1) is 22.8. The second-order valence-corrected chi connectivity index (χ2v) is 11.0. The normalized spacial score (nSPS) is 11.4. The van der Waals surface area contributed by atoms with Crippen LogP contribution in [-0.4, -0.2) is 0 Å². The number of rotatable bonds is 10. The molecule has 0 heterocycles. The average Bonchev–Trinajstić information content (AvgIpc) is 3.00. The Hall–Kier alpha value is -5.24. The fourth-order valence-corrected chi connectivity index (χ4v) is 5.28. The van der Waals surface area contributed by atoms with E-state index in [0.29, 0.717) is 35.9 Å². The molecule has 0 aliphatic heterocycles. The van der Waals surface area contributed by atoms with Crippen LogP contribution in [0.3, 0.4) is 0 Å². The van der Waals surface area contributed by atoms with Crippen LogP contribution in [0, 0.1) is 52.1 Å². The molecular weight excluding hydrogens is 645 g/mol. The molecule has 0 saturated heterocycles. The molecule has 0 bridgehead atoms. The van der Waals surface area contributed by atoms with Gasteiger partial charge in [-0.1, -0.05) is 44.0 Å². The lowest BCUT2D eigenvalue weighted by atomic mass is 9.96. The van der Waals surface area contributed by atoms with Crippen molar-refractivity contribution in [3.05, 3.63) is 136 Å². The van der Waals surface area contributed by atoms with Crippen LogP contribution in [0.15, 0.2) is 78.9 Å². The minimum Gasteiger partial charge on any atom is -0.429 e. The molecule has 0 N–H and O–H groups in total. The van der Waals surface area contributed by atoms with Gasteiger partial charge in [-0.3, -0.25) is 0 Å². The fraction of sp³-hybridized carbons (Fsp3) is 0.162. The molecule has 5 aromatic rings. The molecule has 5 aromatic carbocycles. The number of aryl methyl sites for hydroxylation is 1. The van der Waals surface area contributed by atoms with E-state index in [4.69, 9.17) is 5.26 Å². The Kier molecular flexibility index (Phi) is 9.85. The Morgan fingerprint density at radius 3 is 1.71 bits per heavy atom. The van der Waals surface area contributed by atoms with Crippen LogP contribution in [0.5, 0.6) is 5.75 Å². The van der Waals surface area contributed by atoms with Gasteiger partial charge in [-0.2, -0.15) is 14.0 Å². The molecule has 0 amide bonds. The van der Waals surface area contributed by atoms with Crippen LogP contribution < -0.4 is 4.74 Å². The van der Waals surface area contributed by atoms with E-state index in [9.17, 15) is 13.2 Å². The summed E-state index contributed by atoms with van der Waals surface area (Å²) in [6, 6.07) is 14.2. The minimum atomic E-state index is -4.75. The highest BCUT2D eigenvalue weighted by molar-refractivity contribution is 5.72. The van der Waals surface area contributed by atoms with Crippen molar-refractivity contribution in [1.29, 1.82) is 5.26 Å². The van der Waals surface area contributed by atoms with Crippen LogP contribution in [0.1, 0.15) is 42.9 Å². The third kappa shape index (κ3) is 7.03. The van der Waals surface area contributed by atoms with Crippen molar-refractivity contribution in [2.75, 3.05) is 0 Å². The standard InChI is InChI=1S/C37H24F9NO/c1-2-3-4-5-20-6-8-21(9-7-20)22-12-31(41)35(32(42)13-22)24-16-33(43)36(34(44)17-24)37(45,46)48-25-10-11-26(30(40)18-25)23-14-28(38)27(19-47)29(39)15-23/h6-18H,2-5H2,1H3. The molecule has 0 fully saturated rings. The predicted octanol–water partition coefficient (Wildman–Crippen LogP) is 11.4. The number of benzene rings is 5. The van der Waals surface area contributed by atoms with E-state index >= 15 is 26.3 Å². The minimum absolute atomic E-state index is 0.152. The maximum absolute atomic E-state index is 15.2. The van der Waals surface area contributed by atoms with Gasteiger partial charge in [0.2, 0.25) is 0 Å². The topological polar surface area (TPSA) is 33.0 Å². The predicted molar refractivity (Wildman–Crippen MR) is 161 cm³/mol. The number of unbranched alkanes of at least 4 members (excludes halogenated alkanes) is 2. The summed E-state index contributed by atoms with van der Waals surface area (Å²) in [6.45, 7) is 2.08. The molecule has 11 heteroatoms. The molecule has 2 nitrogen and oxygen atoms in total. The van der Waals surface area contributed by atoms with Gasteiger partial charge in [0.05, 0.1) is 5.56 Å². The van der Waals surface area contributed by atoms with Crippen LogP contribution in [0.2, 0.25) is 0 Å². The Balaban J connectivity index is 1.39. The van der Waals surface area contributed by atoms with E-state index in [1.165, 1.54) is 6.07 Å². The van der Waals surface area contributed by atoms with Crippen molar-refractivity contribution in [2.45, 2.75) is 38.7 Å². The van der Waals surface area contributed by atoms with E-state index in [1.54, 1.807) is 12.1 Å². The molecule has 246 valence electrons. The first-order valence-electron chi connectivity index (χ1n) is 14.7. The first kappa shape index (κ1) is 34.1. The molecule has 0 saturated carbocycles. The summed E-state index contributed by atoms with van der Waals surface area (Å²) in [5, 5.41) is 8.79. The largest absolute Gasteiger partial charge is 0.432 e. The molecule has 0 aliphatic carbocycles. The van der Waals surface area contributed by atoms with Gasteiger partial charge >= 0.3 is 6.11 Å². The highest BCUT2D eigenvalue weighted by Crippen LogP contribution is 2.40. The number of ether oxygens (including phenoxy) is 1. The van der Waals surface area contributed by atoms with Gasteiger partial charge in [0, 0.05) is 11.6 Å². The highest BCUT2D eigenvalue weighted by Gasteiger charge is 2.41. The lowest BCUT2D eigenvalue weighted by Crippen LogP contribution is -2.25. The second kappa shape index (κ2) is 13.9. The summed E-state index contributed by atoms with van der Waals surface area (Å²) < 4.78 is 138. The average molecular weight is 670 g/mol. The van der Waals surface area contributed by atoms with E-state index in [-0.39, 0.29) is 11.1 Å². The summed E-state index contributed by atoms with van der Waals surface area (Å²) in [5.74, 6) is -11.0. The van der Waals surface area contributed by atoms with Crippen LogP contribution in [-0.2, 0) is 12.5 Å². The van der Waals surface area contributed by atoms with Gasteiger partial charge in [-0.15, -0.1) is 0 Å². The fourth-order valence-electron chi connectivity index (χ4n) is 5.28. The van der Waals surface area contributed by atoms with E-state index in [1.807, 2.05) is 12.1 Å². The Labute approximate surface area is 269 Å². The lowest BCUT2D eigenvalue weighted by Gasteiger charge is -2.20. The summed E-state index contributed by atoms with van der Waals surface area (Å²) in [4.78, 5) is 0. The van der Waals surface area contributed by atoms with Crippen molar-refractivity contribution in [2.24, 2.45) is 0 Å². The third-order valence-corrected chi connectivity index (χ3v) is 7.67. The van der Waals surface area contributed by atoms with Gasteiger partial charge in [-0.25, -0.2) is 30.7 Å². The molecular formula is C37H24F9NO. The monoisotopic (exact) mass is 669 g/mol. The third-order valence-electron chi connectivity index (χ3n) is 7.67. The van der Waals surface area contributed by atoms with Crippen molar-refractivity contribution < 1.29 is 44.3 Å². The number of nitrogens with zero attached hydrogens (tertiary/aromatic N) is 1. The number of nitriles is 1. The van der Waals surface area contributed by atoms with E-state index in [0.717, 1.165) is 55.5 Å². The van der Waals surface area contributed by atoms with E-state index in [2.05, 4.69) is 11.7 Å². The van der Waals surface area contributed by atoms with Crippen molar-refractivity contribution >= 4 is 0 Å². The first-order valence-corrected chi connectivity index (χ1v) is 14.7. The molecule has 0 aromatic heterocycles. The summed E-state index contributed by atoms with van der Waals surface area (Å²) in [5.41, 5.74) is -3.50. The smallest absolute Gasteiger partial charge is 0.429 e. The molecule has 5 rings (SSSR count). The van der Waals surface area contributed by atoms with Crippen LogP contribution >= 0.6 is 0 Å². The number of halogens is 9. The number of alkyl halides is 2. The zero-order chi connectivity index (χ0) is 34.7. The zero-order valence-electron chi connectivity index (χ0n) is 25.1. The highest BCUT2D eigenvalue weighted by atomic mass is 19.3. The van der Waals surface area contributed by atoms with E-state index < -0.39 is 80.4 Å². The number of hydrogen-bond acceptors (Lipinski definition) is 2. The number of hydrogen-bond donors (Lipinski definition) is 0. The van der Waals surface area contributed by atoms with Crippen LogP contribution in [0.25, 0.3) is 33.4 Å². The van der Waals surface area contributed by atoms with Crippen molar-refractivity contribution in [3.8, 4) is 45.2 Å². The second-order valence-electron chi connectivity index (χ2n) is 11.0. The summed E-state index contributed by atoms with van der Waals surface area (Å²) in [7, 11) is 0. The van der Waals surface area contributed by atoms with Gasteiger partial charge in [0.25, 0.3) is 0 Å². The summed E-state index contributed by atoms with van der Waals surface area (Å²) in [6.07, 6.45) is -0.783. The Bertz CT molecular complexity index is 1970. The molecule has 0 radical (unpaired) electrons. The molecule has 48 heavy (non-hydrogen) atoms. The van der Waals surface area contributed by atoms with Gasteiger partial charge < -0.3 is 4.74 Å². The van der Waals surface area contributed by atoms with Gasteiger partial charge in [0.15, 0.2) is 0 Å². The van der Waals surface area contributed by atoms with Crippen LogP contribution in [0.4, 0.5) is 39.5 Å². The molecule has 0 spiro atoms. The summed E-state index contributed by atoms with van der Waals surface area (Å²) >= 11 is 0. The van der Waals surface area contributed by atoms with Crippen molar-refractivity contribution in [1.82, 2.24) is 0 Å². The zero-order valence-corrected chi connectivity index (χ0v) is 25.1. The maximum Gasteiger partial charge on any atom is 0.432 e.